The minimum absolute atomic E-state index is 0.0590. The molecule has 0 amide bonds. The number of anilines is 1. The summed E-state index contributed by atoms with van der Waals surface area (Å²) in [6.45, 7) is 0.870. The van der Waals surface area contributed by atoms with Crippen LogP contribution in [0.4, 0.5) is 11.4 Å². The van der Waals surface area contributed by atoms with Gasteiger partial charge < -0.3 is 24.6 Å². The van der Waals surface area contributed by atoms with Crippen LogP contribution in [-0.4, -0.2) is 50.6 Å². The van der Waals surface area contributed by atoms with E-state index in [4.69, 9.17) is 19.3 Å². The lowest BCUT2D eigenvalue weighted by atomic mass is 10.2. The Kier molecular flexibility index (Phi) is 6.54. The number of nitrogens with one attached hydrogen (secondary N) is 1. The van der Waals surface area contributed by atoms with E-state index in [1.807, 2.05) is 0 Å². The second kappa shape index (κ2) is 8.18. The third-order valence-corrected chi connectivity index (χ3v) is 2.50. The maximum atomic E-state index is 11.0. The van der Waals surface area contributed by atoms with Gasteiger partial charge in [0.2, 0.25) is 0 Å². The van der Waals surface area contributed by atoms with E-state index in [0.717, 1.165) is 0 Å². The first-order valence-electron chi connectivity index (χ1n) is 5.97. The fourth-order valence-electron chi connectivity index (χ4n) is 1.59. The number of nitro benzene ring substituents is 1. The second-order valence-corrected chi connectivity index (χ2v) is 3.74. The van der Waals surface area contributed by atoms with Crippen molar-refractivity contribution in [1.29, 1.82) is 0 Å². The van der Waals surface area contributed by atoms with Gasteiger partial charge in [0, 0.05) is 12.6 Å². The Hall–Kier alpha value is -2.06. The van der Waals surface area contributed by atoms with Crippen molar-refractivity contribution in [1.82, 2.24) is 0 Å². The maximum absolute atomic E-state index is 11.0. The Balaban J connectivity index is 2.84. The summed E-state index contributed by atoms with van der Waals surface area (Å²) in [5.74, 6) is 0.693. The lowest BCUT2D eigenvalue weighted by molar-refractivity contribution is -0.384. The van der Waals surface area contributed by atoms with Crippen LogP contribution in [0.3, 0.4) is 0 Å². The highest BCUT2D eigenvalue weighted by Crippen LogP contribution is 2.37. The Labute approximate surface area is 116 Å². The lowest BCUT2D eigenvalue weighted by Gasteiger charge is -2.12. The summed E-state index contributed by atoms with van der Waals surface area (Å²) in [7, 11) is 2.87. The maximum Gasteiger partial charge on any atom is 0.296 e. The molecule has 20 heavy (non-hydrogen) atoms. The van der Waals surface area contributed by atoms with Crippen LogP contribution in [-0.2, 0) is 4.74 Å². The molecule has 0 saturated heterocycles. The molecule has 1 rings (SSSR count). The van der Waals surface area contributed by atoms with E-state index >= 15 is 0 Å². The van der Waals surface area contributed by atoms with E-state index in [1.165, 1.54) is 26.4 Å². The molecule has 0 atom stereocenters. The molecule has 1 aromatic carbocycles. The molecule has 0 unspecified atom stereocenters. The molecule has 0 aromatic heterocycles. The summed E-state index contributed by atoms with van der Waals surface area (Å²) >= 11 is 0. The van der Waals surface area contributed by atoms with E-state index in [2.05, 4.69) is 5.32 Å². The van der Waals surface area contributed by atoms with Crippen molar-refractivity contribution < 1.29 is 24.2 Å². The molecule has 0 saturated carbocycles. The van der Waals surface area contributed by atoms with Crippen molar-refractivity contribution in [3.05, 3.63) is 22.2 Å². The Bertz CT molecular complexity index is 452. The van der Waals surface area contributed by atoms with Crippen LogP contribution in [0.15, 0.2) is 12.1 Å². The highest BCUT2D eigenvalue weighted by molar-refractivity contribution is 5.68. The number of methoxy groups -OCH3 is 2. The summed E-state index contributed by atoms with van der Waals surface area (Å²) in [5, 5.41) is 22.5. The Morgan fingerprint density at radius 3 is 2.45 bits per heavy atom. The average molecular weight is 286 g/mol. The van der Waals surface area contributed by atoms with E-state index < -0.39 is 4.92 Å². The van der Waals surface area contributed by atoms with E-state index in [-0.39, 0.29) is 18.9 Å². The van der Waals surface area contributed by atoms with Crippen LogP contribution in [0.25, 0.3) is 0 Å². The van der Waals surface area contributed by atoms with Gasteiger partial charge in [-0.05, 0) is 0 Å². The van der Waals surface area contributed by atoms with Crippen LogP contribution in [0.2, 0.25) is 0 Å². The zero-order valence-electron chi connectivity index (χ0n) is 11.4. The molecule has 0 bridgehead atoms. The van der Waals surface area contributed by atoms with Crippen LogP contribution in [0.5, 0.6) is 11.5 Å². The van der Waals surface area contributed by atoms with Gasteiger partial charge in [0.1, 0.15) is 5.69 Å². The fraction of sp³-hybridized carbons (Fsp3) is 0.500. The first-order chi connectivity index (χ1) is 9.63. The first kappa shape index (κ1) is 16.0. The zero-order chi connectivity index (χ0) is 15.0. The number of ether oxygens (including phenoxy) is 3. The molecule has 2 N–H and O–H groups in total. The molecule has 8 nitrogen and oxygen atoms in total. The van der Waals surface area contributed by atoms with Crippen molar-refractivity contribution in [3.8, 4) is 11.5 Å². The number of nitrogens with zero attached hydrogens (tertiary/aromatic N) is 1. The molecule has 8 heteroatoms. The average Bonchev–Trinajstić information content (AvgIpc) is 2.46. The van der Waals surface area contributed by atoms with Gasteiger partial charge in [-0.3, -0.25) is 10.1 Å². The van der Waals surface area contributed by atoms with Gasteiger partial charge >= 0.3 is 0 Å². The van der Waals surface area contributed by atoms with Crippen molar-refractivity contribution in [2.45, 2.75) is 0 Å². The van der Waals surface area contributed by atoms with Crippen LogP contribution < -0.4 is 14.8 Å². The fourth-order valence-corrected chi connectivity index (χ4v) is 1.59. The molecular formula is C12H18N2O6. The minimum atomic E-state index is -0.501. The summed E-state index contributed by atoms with van der Waals surface area (Å²) in [6.07, 6.45) is 0. The number of nitro groups is 1. The van der Waals surface area contributed by atoms with Gasteiger partial charge in [-0.1, -0.05) is 0 Å². The quantitative estimate of drug-likeness (QED) is 0.397. The molecule has 112 valence electrons. The third kappa shape index (κ3) is 4.25. The van der Waals surface area contributed by atoms with E-state index in [0.29, 0.717) is 30.3 Å². The summed E-state index contributed by atoms with van der Waals surface area (Å²) in [5.41, 5.74) is 0.213. The van der Waals surface area contributed by atoms with E-state index in [1.54, 1.807) is 0 Å². The highest BCUT2D eigenvalue weighted by atomic mass is 16.6. The van der Waals surface area contributed by atoms with Gasteiger partial charge in [0.15, 0.2) is 11.5 Å². The van der Waals surface area contributed by atoms with Gasteiger partial charge in [-0.15, -0.1) is 0 Å². The SMILES string of the molecule is COc1cc(NCCOCCO)c([N+](=O)[O-])cc1OC. The molecular weight excluding hydrogens is 268 g/mol. The van der Waals surface area contributed by atoms with Crippen LogP contribution >= 0.6 is 0 Å². The number of aliphatic hydroxyl groups excluding tert-OH is 1. The van der Waals surface area contributed by atoms with E-state index in [9.17, 15) is 10.1 Å². The van der Waals surface area contributed by atoms with Crippen molar-refractivity contribution in [2.24, 2.45) is 0 Å². The first-order valence-corrected chi connectivity index (χ1v) is 5.97. The Morgan fingerprint density at radius 1 is 1.25 bits per heavy atom. The van der Waals surface area contributed by atoms with Gasteiger partial charge in [-0.2, -0.15) is 0 Å². The molecule has 0 aliphatic carbocycles. The summed E-state index contributed by atoms with van der Waals surface area (Å²) in [6, 6.07) is 2.80. The number of benzene rings is 1. The third-order valence-electron chi connectivity index (χ3n) is 2.50. The molecule has 0 spiro atoms. The monoisotopic (exact) mass is 286 g/mol. The Morgan fingerprint density at radius 2 is 1.90 bits per heavy atom. The van der Waals surface area contributed by atoms with Gasteiger partial charge in [-0.25, -0.2) is 0 Å². The number of hydrogen-bond acceptors (Lipinski definition) is 7. The van der Waals surface area contributed by atoms with Gasteiger partial charge in [0.05, 0.1) is 45.0 Å². The molecule has 1 aromatic rings. The highest BCUT2D eigenvalue weighted by Gasteiger charge is 2.19. The molecule has 0 heterocycles. The smallest absolute Gasteiger partial charge is 0.296 e. The van der Waals surface area contributed by atoms with Crippen molar-refractivity contribution in [3.63, 3.8) is 0 Å². The zero-order valence-corrected chi connectivity index (χ0v) is 11.4. The molecule has 0 aliphatic rings. The predicted molar refractivity (Wildman–Crippen MR) is 72.6 cm³/mol. The summed E-state index contributed by atoms with van der Waals surface area (Å²) in [4.78, 5) is 10.5. The largest absolute Gasteiger partial charge is 0.493 e. The molecule has 0 fully saturated rings. The molecule has 0 radical (unpaired) electrons. The molecule has 0 aliphatic heterocycles. The van der Waals surface area contributed by atoms with Crippen LogP contribution in [0, 0.1) is 10.1 Å². The standard InChI is InChI=1S/C12H18N2O6/c1-18-11-7-9(13-3-5-20-6-4-15)10(14(16)17)8-12(11)19-2/h7-8,13,15H,3-6H2,1-2H3. The predicted octanol–water partition coefficient (Wildman–Crippen LogP) is 1.03. The number of rotatable bonds is 9. The topological polar surface area (TPSA) is 103 Å². The normalized spacial score (nSPS) is 10.2. The van der Waals surface area contributed by atoms with Crippen molar-refractivity contribution in [2.75, 3.05) is 45.9 Å². The number of aliphatic hydroxyl groups is 1. The lowest BCUT2D eigenvalue weighted by Crippen LogP contribution is -2.12. The van der Waals surface area contributed by atoms with Crippen molar-refractivity contribution >= 4 is 11.4 Å². The summed E-state index contributed by atoms with van der Waals surface area (Å²) < 4.78 is 15.2. The minimum Gasteiger partial charge on any atom is -0.493 e. The second-order valence-electron chi connectivity index (χ2n) is 3.74. The number of hydrogen-bond donors (Lipinski definition) is 2. The van der Waals surface area contributed by atoms with Crippen LogP contribution in [0.1, 0.15) is 0 Å². The van der Waals surface area contributed by atoms with Gasteiger partial charge in [0.25, 0.3) is 5.69 Å².